The van der Waals surface area contributed by atoms with Crippen molar-refractivity contribution in [1.82, 2.24) is 9.88 Å². The lowest BCUT2D eigenvalue weighted by molar-refractivity contribution is -0.384. The minimum absolute atomic E-state index is 0.00104. The molecule has 3 aromatic rings. The number of nitro benzene ring substituents is 1. The van der Waals surface area contributed by atoms with E-state index in [0.29, 0.717) is 16.3 Å². The Morgan fingerprint density at radius 3 is 2.63 bits per heavy atom. The van der Waals surface area contributed by atoms with Crippen LogP contribution in [-0.4, -0.2) is 27.8 Å². The molecule has 0 radical (unpaired) electrons. The number of rotatable bonds is 5. The largest absolute Gasteiger partial charge is 0.334 e. The van der Waals surface area contributed by atoms with Gasteiger partial charge in [-0.1, -0.05) is 35.9 Å². The molecule has 138 valence electrons. The van der Waals surface area contributed by atoms with Gasteiger partial charge in [0.2, 0.25) is 0 Å². The van der Waals surface area contributed by atoms with Crippen molar-refractivity contribution in [3.05, 3.63) is 80.3 Å². The number of thiazole rings is 1. The first-order valence-corrected chi connectivity index (χ1v) is 9.35. The molecule has 0 saturated carbocycles. The highest BCUT2D eigenvalue weighted by Crippen LogP contribution is 2.28. The molecule has 3 rings (SSSR count). The van der Waals surface area contributed by atoms with Crippen molar-refractivity contribution in [2.24, 2.45) is 0 Å². The molecule has 0 fully saturated rings. The second-order valence-corrected chi connectivity index (χ2v) is 7.28. The van der Waals surface area contributed by atoms with Gasteiger partial charge in [-0.2, -0.15) is 0 Å². The lowest BCUT2D eigenvalue weighted by Gasteiger charge is -2.24. The van der Waals surface area contributed by atoms with Gasteiger partial charge >= 0.3 is 0 Å². The Kier molecular flexibility index (Phi) is 5.53. The van der Waals surface area contributed by atoms with Crippen LogP contribution in [0.1, 0.15) is 29.0 Å². The van der Waals surface area contributed by atoms with Crippen molar-refractivity contribution in [2.75, 3.05) is 7.05 Å². The Labute approximate surface area is 165 Å². The van der Waals surface area contributed by atoms with Gasteiger partial charge in [-0.05, 0) is 24.6 Å². The summed E-state index contributed by atoms with van der Waals surface area (Å²) in [6, 6.07) is 13.2. The van der Waals surface area contributed by atoms with Gasteiger partial charge in [0, 0.05) is 35.1 Å². The van der Waals surface area contributed by atoms with E-state index in [1.54, 1.807) is 36.7 Å². The first-order chi connectivity index (χ1) is 12.9. The average Bonchev–Trinajstić information content (AvgIpc) is 3.17. The average molecular weight is 402 g/mol. The maximum absolute atomic E-state index is 12.8. The molecule has 0 N–H and O–H groups in total. The van der Waals surface area contributed by atoms with Gasteiger partial charge in [-0.15, -0.1) is 11.3 Å². The zero-order valence-corrected chi connectivity index (χ0v) is 16.2. The summed E-state index contributed by atoms with van der Waals surface area (Å²) in [4.78, 5) is 29.3. The highest BCUT2D eigenvalue weighted by atomic mass is 35.5. The molecule has 0 aliphatic heterocycles. The van der Waals surface area contributed by atoms with Gasteiger partial charge in [0.15, 0.2) is 0 Å². The summed E-state index contributed by atoms with van der Waals surface area (Å²) in [7, 11) is 1.66. The van der Waals surface area contributed by atoms with Crippen molar-refractivity contribution in [3.8, 4) is 10.6 Å². The van der Waals surface area contributed by atoms with Crippen LogP contribution >= 0.6 is 22.9 Å². The highest BCUT2D eigenvalue weighted by Gasteiger charge is 2.22. The summed E-state index contributed by atoms with van der Waals surface area (Å²) in [5.41, 5.74) is 1.91. The number of non-ortho nitro benzene ring substituents is 1. The predicted molar refractivity (Wildman–Crippen MR) is 106 cm³/mol. The van der Waals surface area contributed by atoms with E-state index in [0.717, 1.165) is 10.6 Å². The van der Waals surface area contributed by atoms with Crippen LogP contribution in [0, 0.1) is 10.1 Å². The number of hydrogen-bond donors (Lipinski definition) is 0. The van der Waals surface area contributed by atoms with E-state index >= 15 is 0 Å². The normalized spacial score (nSPS) is 11.8. The maximum Gasteiger partial charge on any atom is 0.273 e. The molecule has 1 heterocycles. The Bertz CT molecular complexity index is 988. The van der Waals surface area contributed by atoms with Crippen molar-refractivity contribution in [2.45, 2.75) is 13.0 Å². The number of hydrogen-bond acceptors (Lipinski definition) is 5. The first kappa shape index (κ1) is 19.0. The van der Waals surface area contributed by atoms with Crippen LogP contribution in [0.5, 0.6) is 0 Å². The summed E-state index contributed by atoms with van der Waals surface area (Å²) in [6.45, 7) is 1.82. The van der Waals surface area contributed by atoms with E-state index < -0.39 is 4.92 Å². The zero-order valence-electron chi connectivity index (χ0n) is 14.6. The van der Waals surface area contributed by atoms with Crippen molar-refractivity contribution in [1.29, 1.82) is 0 Å². The summed E-state index contributed by atoms with van der Waals surface area (Å²) >= 11 is 7.28. The van der Waals surface area contributed by atoms with Crippen LogP contribution < -0.4 is 0 Å². The number of aromatic nitrogens is 1. The number of halogens is 1. The van der Waals surface area contributed by atoms with E-state index in [1.807, 2.05) is 19.1 Å². The number of carbonyl (C=O) groups is 1. The summed E-state index contributed by atoms with van der Waals surface area (Å²) < 4.78 is 0. The molecule has 6 nitrogen and oxygen atoms in total. The van der Waals surface area contributed by atoms with E-state index in [1.165, 1.54) is 28.4 Å². The lowest BCUT2D eigenvalue weighted by atomic mass is 10.1. The van der Waals surface area contributed by atoms with Crippen LogP contribution in [0.25, 0.3) is 10.6 Å². The maximum atomic E-state index is 12.8. The summed E-state index contributed by atoms with van der Waals surface area (Å²) in [5, 5.41) is 14.0. The van der Waals surface area contributed by atoms with Crippen molar-refractivity contribution < 1.29 is 9.72 Å². The van der Waals surface area contributed by atoms with Crippen LogP contribution in [0.4, 0.5) is 5.69 Å². The quantitative estimate of drug-likeness (QED) is 0.434. The summed E-state index contributed by atoms with van der Waals surface area (Å²) in [5.74, 6) is -0.245. The standard InChI is InChI=1S/C19H16ClN3O3S/c1-12(14-4-3-5-16(10-14)23(25)26)22(2)19(24)17-11-27-18(21-17)13-6-8-15(20)9-7-13/h3-12H,1-2H3. The molecule has 0 spiro atoms. The molecule has 0 aliphatic rings. The van der Waals surface area contributed by atoms with Gasteiger partial charge in [-0.3, -0.25) is 14.9 Å². The van der Waals surface area contributed by atoms with Crippen LogP contribution in [0.3, 0.4) is 0 Å². The number of nitrogens with zero attached hydrogens (tertiary/aromatic N) is 3. The lowest BCUT2D eigenvalue weighted by Crippen LogP contribution is -2.29. The van der Waals surface area contributed by atoms with E-state index in [9.17, 15) is 14.9 Å². The van der Waals surface area contributed by atoms with Gasteiger partial charge < -0.3 is 4.90 Å². The Hall–Kier alpha value is -2.77. The number of carbonyl (C=O) groups excluding carboxylic acids is 1. The van der Waals surface area contributed by atoms with Gasteiger partial charge in [0.1, 0.15) is 10.7 Å². The number of benzene rings is 2. The van der Waals surface area contributed by atoms with Crippen LogP contribution in [0.2, 0.25) is 5.02 Å². The zero-order chi connectivity index (χ0) is 19.6. The molecule has 27 heavy (non-hydrogen) atoms. The third kappa shape index (κ3) is 4.15. The third-order valence-corrected chi connectivity index (χ3v) is 5.42. The SMILES string of the molecule is CC(c1cccc([N+](=O)[O-])c1)N(C)C(=O)c1csc(-c2ccc(Cl)cc2)n1. The second kappa shape index (κ2) is 7.85. The Balaban J connectivity index is 1.80. The Morgan fingerprint density at radius 2 is 1.96 bits per heavy atom. The molecule has 1 atom stereocenters. The van der Waals surface area contributed by atoms with E-state index in [2.05, 4.69) is 4.98 Å². The monoisotopic (exact) mass is 401 g/mol. The van der Waals surface area contributed by atoms with Crippen LogP contribution in [0.15, 0.2) is 53.9 Å². The van der Waals surface area contributed by atoms with E-state index in [-0.39, 0.29) is 17.6 Å². The molecular weight excluding hydrogens is 386 g/mol. The minimum atomic E-state index is -0.448. The fourth-order valence-corrected chi connectivity index (χ4v) is 3.50. The minimum Gasteiger partial charge on any atom is -0.334 e. The molecule has 1 unspecified atom stereocenters. The van der Waals surface area contributed by atoms with Gasteiger partial charge in [0.25, 0.3) is 11.6 Å². The number of amides is 1. The molecule has 8 heteroatoms. The number of nitro groups is 1. The Morgan fingerprint density at radius 1 is 1.26 bits per heavy atom. The fourth-order valence-electron chi connectivity index (χ4n) is 2.58. The van der Waals surface area contributed by atoms with Crippen molar-refractivity contribution in [3.63, 3.8) is 0 Å². The topological polar surface area (TPSA) is 76.3 Å². The highest BCUT2D eigenvalue weighted by molar-refractivity contribution is 7.13. The molecule has 2 aromatic carbocycles. The first-order valence-electron chi connectivity index (χ1n) is 8.10. The molecular formula is C19H16ClN3O3S. The van der Waals surface area contributed by atoms with Gasteiger partial charge in [0.05, 0.1) is 11.0 Å². The molecule has 1 aromatic heterocycles. The molecule has 1 amide bonds. The smallest absolute Gasteiger partial charge is 0.273 e. The van der Waals surface area contributed by atoms with E-state index in [4.69, 9.17) is 11.6 Å². The third-order valence-electron chi connectivity index (χ3n) is 4.28. The molecule has 0 saturated heterocycles. The second-order valence-electron chi connectivity index (χ2n) is 5.99. The molecule has 0 aliphatic carbocycles. The van der Waals surface area contributed by atoms with Gasteiger partial charge in [-0.25, -0.2) is 4.98 Å². The van der Waals surface area contributed by atoms with Crippen LogP contribution in [-0.2, 0) is 0 Å². The van der Waals surface area contributed by atoms with Crippen molar-refractivity contribution >= 4 is 34.5 Å². The fraction of sp³-hybridized carbons (Fsp3) is 0.158. The summed E-state index contributed by atoms with van der Waals surface area (Å²) in [6.07, 6.45) is 0. The molecule has 0 bridgehead atoms. The predicted octanol–water partition coefficient (Wildman–Crippen LogP) is 5.20.